The van der Waals surface area contributed by atoms with Gasteiger partial charge in [0.2, 0.25) is 0 Å². The number of anilines is 1. The van der Waals surface area contributed by atoms with Crippen LogP contribution in [-0.4, -0.2) is 33.0 Å². The predicted octanol–water partition coefficient (Wildman–Crippen LogP) is 2.10. The van der Waals surface area contributed by atoms with E-state index >= 15 is 0 Å². The summed E-state index contributed by atoms with van der Waals surface area (Å²) in [6, 6.07) is 9.19. The first-order valence-corrected chi connectivity index (χ1v) is 8.30. The van der Waals surface area contributed by atoms with Gasteiger partial charge in [0.1, 0.15) is 12.4 Å². The number of nitrogens with zero attached hydrogens (tertiary/aromatic N) is 2. The maximum absolute atomic E-state index is 13.5. The molecule has 0 fully saturated rings. The van der Waals surface area contributed by atoms with Gasteiger partial charge < -0.3 is 4.74 Å². The molecule has 0 atom stereocenters. The number of carbonyl (C=O) groups excluding carboxylic acids is 1. The second-order valence-electron chi connectivity index (χ2n) is 4.79. The SMILES string of the molecule is COC(=O)CN(c1cccc(F)c1)S(=O)(=O)c1ccccc1[N+](=O)[O-]. The van der Waals surface area contributed by atoms with E-state index in [9.17, 15) is 27.7 Å². The second kappa shape index (κ2) is 7.26. The molecule has 0 aliphatic rings. The summed E-state index contributed by atoms with van der Waals surface area (Å²) >= 11 is 0. The first-order chi connectivity index (χ1) is 11.8. The van der Waals surface area contributed by atoms with Crippen LogP contribution >= 0.6 is 0 Å². The Morgan fingerprint density at radius 3 is 2.52 bits per heavy atom. The average molecular weight is 368 g/mol. The number of hydrogen-bond donors (Lipinski definition) is 0. The number of rotatable bonds is 6. The number of benzene rings is 2. The Morgan fingerprint density at radius 1 is 1.24 bits per heavy atom. The molecule has 132 valence electrons. The second-order valence-corrected chi connectivity index (χ2v) is 6.62. The van der Waals surface area contributed by atoms with Gasteiger partial charge in [-0.05, 0) is 24.3 Å². The summed E-state index contributed by atoms with van der Waals surface area (Å²) in [5.41, 5.74) is -0.822. The number of nitro groups is 1. The Kier molecular flexibility index (Phi) is 5.32. The third-order valence-electron chi connectivity index (χ3n) is 3.23. The van der Waals surface area contributed by atoms with E-state index in [1.54, 1.807) is 0 Å². The standard InChI is InChI=1S/C15H13FN2O6S/c1-24-15(19)10-17(12-6-4-5-11(16)9-12)25(22,23)14-8-3-2-7-13(14)18(20)21/h2-9H,10H2,1H3. The van der Waals surface area contributed by atoms with Crippen LogP contribution in [0.2, 0.25) is 0 Å². The zero-order chi connectivity index (χ0) is 18.6. The molecule has 0 heterocycles. The molecule has 10 heteroatoms. The van der Waals surface area contributed by atoms with Crippen molar-refractivity contribution in [3.8, 4) is 0 Å². The van der Waals surface area contributed by atoms with Crippen LogP contribution in [0.4, 0.5) is 15.8 Å². The maximum Gasteiger partial charge on any atom is 0.326 e. The number of nitro benzene ring substituents is 1. The first kappa shape index (κ1) is 18.3. The average Bonchev–Trinajstić information content (AvgIpc) is 2.59. The molecular weight excluding hydrogens is 355 g/mol. The summed E-state index contributed by atoms with van der Waals surface area (Å²) in [6.07, 6.45) is 0. The van der Waals surface area contributed by atoms with Crippen molar-refractivity contribution in [3.05, 3.63) is 64.5 Å². The van der Waals surface area contributed by atoms with Crippen molar-refractivity contribution in [1.82, 2.24) is 0 Å². The van der Waals surface area contributed by atoms with E-state index < -0.39 is 43.9 Å². The molecular formula is C15H13FN2O6S. The van der Waals surface area contributed by atoms with Crippen molar-refractivity contribution in [1.29, 1.82) is 0 Å². The van der Waals surface area contributed by atoms with Gasteiger partial charge in [0.15, 0.2) is 4.90 Å². The number of para-hydroxylation sites is 1. The molecule has 25 heavy (non-hydrogen) atoms. The minimum atomic E-state index is -4.53. The van der Waals surface area contributed by atoms with E-state index in [2.05, 4.69) is 4.74 Å². The van der Waals surface area contributed by atoms with Crippen LogP contribution in [-0.2, 0) is 19.6 Å². The van der Waals surface area contributed by atoms with E-state index in [0.29, 0.717) is 4.31 Å². The van der Waals surface area contributed by atoms with Crippen LogP contribution in [0.5, 0.6) is 0 Å². The molecule has 2 aromatic carbocycles. The van der Waals surface area contributed by atoms with Crippen LogP contribution in [0, 0.1) is 15.9 Å². The predicted molar refractivity (Wildman–Crippen MR) is 86.0 cm³/mol. The highest BCUT2D eigenvalue weighted by atomic mass is 32.2. The van der Waals surface area contributed by atoms with Gasteiger partial charge in [-0.3, -0.25) is 19.2 Å². The normalized spacial score (nSPS) is 11.0. The Balaban J connectivity index is 2.64. The quantitative estimate of drug-likeness (QED) is 0.439. The molecule has 8 nitrogen and oxygen atoms in total. The summed E-state index contributed by atoms with van der Waals surface area (Å²) in [4.78, 5) is 21.3. The van der Waals surface area contributed by atoms with Gasteiger partial charge in [-0.2, -0.15) is 0 Å². The lowest BCUT2D eigenvalue weighted by Crippen LogP contribution is -2.36. The van der Waals surface area contributed by atoms with E-state index in [1.165, 1.54) is 24.3 Å². The number of ether oxygens (including phenoxy) is 1. The van der Waals surface area contributed by atoms with Gasteiger partial charge in [-0.1, -0.05) is 18.2 Å². The zero-order valence-corrected chi connectivity index (χ0v) is 13.8. The topological polar surface area (TPSA) is 107 Å². The van der Waals surface area contributed by atoms with Crippen molar-refractivity contribution < 1.29 is 27.3 Å². The summed E-state index contributed by atoms with van der Waals surface area (Å²) in [7, 11) is -3.47. The van der Waals surface area contributed by atoms with E-state index in [1.807, 2.05) is 0 Å². The lowest BCUT2D eigenvalue weighted by atomic mass is 10.3. The van der Waals surface area contributed by atoms with Crippen molar-refractivity contribution >= 4 is 27.4 Å². The van der Waals surface area contributed by atoms with Gasteiger partial charge in [0.25, 0.3) is 15.7 Å². The highest BCUT2D eigenvalue weighted by molar-refractivity contribution is 7.93. The highest BCUT2D eigenvalue weighted by Crippen LogP contribution is 2.30. The lowest BCUT2D eigenvalue weighted by molar-refractivity contribution is -0.387. The highest BCUT2D eigenvalue weighted by Gasteiger charge is 2.33. The molecule has 0 aromatic heterocycles. The van der Waals surface area contributed by atoms with E-state index in [4.69, 9.17) is 0 Å². The van der Waals surface area contributed by atoms with Crippen molar-refractivity contribution in [2.45, 2.75) is 4.90 Å². The van der Waals surface area contributed by atoms with Gasteiger partial charge in [0, 0.05) is 6.07 Å². The van der Waals surface area contributed by atoms with Crippen molar-refractivity contribution in [2.75, 3.05) is 18.0 Å². The Labute approximate surface area is 142 Å². The molecule has 0 aliphatic heterocycles. The third kappa shape index (κ3) is 3.91. The van der Waals surface area contributed by atoms with Crippen LogP contribution in [0.15, 0.2) is 53.4 Å². The summed E-state index contributed by atoms with van der Waals surface area (Å²) in [5.74, 6) is -1.64. The van der Waals surface area contributed by atoms with Gasteiger partial charge in [-0.15, -0.1) is 0 Å². The van der Waals surface area contributed by atoms with Crippen molar-refractivity contribution in [2.24, 2.45) is 0 Å². The maximum atomic E-state index is 13.5. The number of carbonyl (C=O) groups is 1. The van der Waals surface area contributed by atoms with Crippen LogP contribution < -0.4 is 4.31 Å². The summed E-state index contributed by atoms with van der Waals surface area (Å²) in [5, 5.41) is 11.1. The molecule has 0 spiro atoms. The molecule has 0 saturated heterocycles. The molecule has 0 unspecified atom stereocenters. The monoisotopic (exact) mass is 368 g/mol. The lowest BCUT2D eigenvalue weighted by Gasteiger charge is -2.23. The minimum Gasteiger partial charge on any atom is -0.468 e. The number of methoxy groups -OCH3 is 1. The molecule has 2 aromatic rings. The van der Waals surface area contributed by atoms with Crippen LogP contribution in [0.25, 0.3) is 0 Å². The fraction of sp³-hybridized carbons (Fsp3) is 0.133. The number of sulfonamides is 1. The smallest absolute Gasteiger partial charge is 0.326 e. The Bertz CT molecular complexity index is 916. The van der Waals surface area contributed by atoms with E-state index in [-0.39, 0.29) is 5.69 Å². The first-order valence-electron chi connectivity index (χ1n) is 6.86. The molecule has 2 rings (SSSR count). The summed E-state index contributed by atoms with van der Waals surface area (Å²) in [6.45, 7) is -0.770. The number of esters is 1. The van der Waals surface area contributed by atoms with Gasteiger partial charge in [-0.25, -0.2) is 12.8 Å². The summed E-state index contributed by atoms with van der Waals surface area (Å²) < 4.78 is 44.4. The zero-order valence-electron chi connectivity index (χ0n) is 13.0. The fourth-order valence-corrected chi connectivity index (χ4v) is 3.63. The largest absolute Gasteiger partial charge is 0.468 e. The fourth-order valence-electron chi connectivity index (χ4n) is 2.07. The number of halogens is 1. The van der Waals surface area contributed by atoms with Crippen molar-refractivity contribution in [3.63, 3.8) is 0 Å². The number of hydrogen-bond acceptors (Lipinski definition) is 6. The van der Waals surface area contributed by atoms with Crippen LogP contribution in [0.1, 0.15) is 0 Å². The van der Waals surface area contributed by atoms with Crippen LogP contribution in [0.3, 0.4) is 0 Å². The Morgan fingerprint density at radius 2 is 1.92 bits per heavy atom. The molecule has 0 bridgehead atoms. The molecule has 0 aliphatic carbocycles. The minimum absolute atomic E-state index is 0.163. The molecule has 0 saturated carbocycles. The Hall–Kier alpha value is -3.01. The molecule has 0 radical (unpaired) electrons. The third-order valence-corrected chi connectivity index (χ3v) is 5.05. The van der Waals surface area contributed by atoms with Gasteiger partial charge in [0.05, 0.1) is 17.7 Å². The van der Waals surface area contributed by atoms with E-state index in [0.717, 1.165) is 31.4 Å². The molecule has 0 amide bonds. The molecule has 0 N–H and O–H groups in total. The van der Waals surface area contributed by atoms with Gasteiger partial charge >= 0.3 is 5.97 Å².